The van der Waals surface area contributed by atoms with Gasteiger partial charge in [-0.15, -0.1) is 12.4 Å². The van der Waals surface area contributed by atoms with Crippen LogP contribution in [0.3, 0.4) is 0 Å². The van der Waals surface area contributed by atoms with Crippen molar-refractivity contribution >= 4 is 29.3 Å². The van der Waals surface area contributed by atoms with Gasteiger partial charge in [0.15, 0.2) is 11.6 Å². The van der Waals surface area contributed by atoms with Crippen LogP contribution in [0.15, 0.2) is 36.5 Å². The number of aromatic nitrogens is 1. The van der Waals surface area contributed by atoms with Crippen molar-refractivity contribution in [2.24, 2.45) is 0 Å². The van der Waals surface area contributed by atoms with E-state index in [2.05, 4.69) is 9.88 Å². The van der Waals surface area contributed by atoms with Crippen LogP contribution in [0.2, 0.25) is 0 Å². The van der Waals surface area contributed by atoms with Crippen LogP contribution in [0, 0.1) is 11.6 Å². The molecule has 0 spiro atoms. The zero-order valence-electron chi connectivity index (χ0n) is 18.9. The number of ether oxygens (including phenoxy) is 1. The number of nitrogens with one attached hydrogen (secondary N) is 1. The zero-order valence-corrected chi connectivity index (χ0v) is 19.7. The highest BCUT2D eigenvalue weighted by Gasteiger charge is 2.35. The van der Waals surface area contributed by atoms with Crippen LogP contribution < -0.4 is 4.74 Å². The molecular weight excluding hydrogens is 462 g/mol. The molecule has 1 saturated carbocycles. The molecule has 2 N–H and O–H groups in total. The second kappa shape index (κ2) is 10.3. The molecule has 2 aliphatic rings. The largest absolute Gasteiger partial charge is 0.489 e. The van der Waals surface area contributed by atoms with Crippen molar-refractivity contribution in [2.75, 3.05) is 13.2 Å². The Bertz CT molecular complexity index is 1180. The minimum atomic E-state index is -1.05. The predicted octanol–water partition coefficient (Wildman–Crippen LogP) is 5.75. The number of rotatable bonds is 8. The maximum absolute atomic E-state index is 14.2. The van der Waals surface area contributed by atoms with E-state index in [1.165, 1.54) is 24.6 Å². The van der Waals surface area contributed by atoms with Gasteiger partial charge in [-0.3, -0.25) is 4.90 Å². The third-order valence-corrected chi connectivity index (χ3v) is 7.16. The van der Waals surface area contributed by atoms with Crippen LogP contribution >= 0.6 is 12.4 Å². The summed E-state index contributed by atoms with van der Waals surface area (Å²) in [6.45, 7) is 1.24. The molecule has 0 amide bonds. The number of aromatic carboxylic acids is 1. The van der Waals surface area contributed by atoms with Crippen LogP contribution in [0.5, 0.6) is 5.75 Å². The van der Waals surface area contributed by atoms with Gasteiger partial charge in [0.05, 0.1) is 5.56 Å². The van der Waals surface area contributed by atoms with E-state index in [0.29, 0.717) is 24.6 Å². The summed E-state index contributed by atoms with van der Waals surface area (Å²) in [5.74, 6) is -1.69. The summed E-state index contributed by atoms with van der Waals surface area (Å²) < 4.78 is 33.6. The second-order valence-electron chi connectivity index (χ2n) is 9.16. The first-order valence-electron chi connectivity index (χ1n) is 11.7. The van der Waals surface area contributed by atoms with Crippen LogP contribution in [0.25, 0.3) is 10.9 Å². The summed E-state index contributed by atoms with van der Waals surface area (Å²) in [6, 6.07) is 7.81. The number of carboxylic acids is 1. The van der Waals surface area contributed by atoms with Gasteiger partial charge in [-0.2, -0.15) is 0 Å². The molecule has 182 valence electrons. The second-order valence-corrected chi connectivity index (χ2v) is 9.16. The lowest BCUT2D eigenvalue weighted by molar-refractivity contribution is 0.0412. The van der Waals surface area contributed by atoms with Gasteiger partial charge in [0.25, 0.3) is 0 Å². The van der Waals surface area contributed by atoms with Gasteiger partial charge < -0.3 is 14.8 Å². The fraction of sp³-hybridized carbons (Fsp3) is 0.423. The van der Waals surface area contributed by atoms with Crippen LogP contribution in [-0.4, -0.2) is 46.2 Å². The first kappa shape index (κ1) is 24.5. The topological polar surface area (TPSA) is 65.6 Å². The number of halogens is 3. The SMILES string of the molecule is Cl.O=C(O)c1ccc(F)c2c1C[C@@H](N(CCCCc1c[nH]c3ccc(F)cc13)C1CCC1)CO2. The predicted molar refractivity (Wildman–Crippen MR) is 129 cm³/mol. The number of hydrogen-bond donors (Lipinski definition) is 2. The molecule has 1 aliphatic carbocycles. The third-order valence-electron chi connectivity index (χ3n) is 7.16. The van der Waals surface area contributed by atoms with E-state index < -0.39 is 11.8 Å². The third kappa shape index (κ3) is 4.77. The molecule has 1 fully saturated rings. The Hall–Kier alpha value is -2.64. The summed E-state index contributed by atoms with van der Waals surface area (Å²) in [5.41, 5.74) is 2.65. The Morgan fingerprint density at radius 1 is 1.15 bits per heavy atom. The average molecular weight is 491 g/mol. The molecule has 2 heterocycles. The molecule has 5 rings (SSSR count). The Labute approximate surface area is 203 Å². The number of benzene rings is 2. The normalized spacial score (nSPS) is 17.7. The van der Waals surface area contributed by atoms with Gasteiger partial charge in [0.2, 0.25) is 0 Å². The van der Waals surface area contributed by atoms with E-state index in [0.717, 1.165) is 55.1 Å². The maximum atomic E-state index is 14.2. The zero-order chi connectivity index (χ0) is 22.9. The van der Waals surface area contributed by atoms with Crippen molar-refractivity contribution in [1.82, 2.24) is 9.88 Å². The smallest absolute Gasteiger partial charge is 0.336 e. The first-order chi connectivity index (χ1) is 16.0. The van der Waals surface area contributed by atoms with E-state index in [1.807, 2.05) is 6.20 Å². The minimum absolute atomic E-state index is 0. The molecule has 5 nitrogen and oxygen atoms in total. The van der Waals surface area contributed by atoms with Gasteiger partial charge >= 0.3 is 5.97 Å². The number of aromatic amines is 1. The monoisotopic (exact) mass is 490 g/mol. The maximum Gasteiger partial charge on any atom is 0.336 e. The highest BCUT2D eigenvalue weighted by molar-refractivity contribution is 5.90. The highest BCUT2D eigenvalue weighted by atomic mass is 35.5. The number of carbonyl (C=O) groups is 1. The van der Waals surface area contributed by atoms with Crippen LogP contribution in [0.1, 0.15) is 53.6 Å². The molecule has 0 bridgehead atoms. The quantitative estimate of drug-likeness (QED) is 0.395. The number of nitrogens with zero attached hydrogens (tertiary/aromatic N) is 1. The Morgan fingerprint density at radius 3 is 2.71 bits per heavy atom. The molecule has 1 atom stereocenters. The summed E-state index contributed by atoms with van der Waals surface area (Å²) >= 11 is 0. The van der Waals surface area contributed by atoms with Gasteiger partial charge in [-0.25, -0.2) is 13.6 Å². The number of aryl methyl sites for hydroxylation is 1. The van der Waals surface area contributed by atoms with Crippen molar-refractivity contribution in [3.8, 4) is 5.75 Å². The summed E-state index contributed by atoms with van der Waals surface area (Å²) in [6.07, 6.45) is 8.68. The number of unbranched alkanes of at least 4 members (excludes halogenated alkanes) is 1. The molecule has 1 aromatic heterocycles. The molecule has 3 aromatic rings. The van der Waals surface area contributed by atoms with Crippen molar-refractivity contribution in [2.45, 2.75) is 57.0 Å². The molecular formula is C26H29ClF2N2O3. The lowest BCUT2D eigenvalue weighted by Gasteiger charge is -2.44. The standard InChI is InChI=1S/C26H28F2N2O3.ClH/c27-17-7-10-24-21(12-17)16(14-29-24)4-1-2-11-30(18-5-3-6-18)19-13-22-20(26(31)32)8-9-23(28)25(22)33-15-19;/h7-10,12,14,18-19,29H,1-6,11,13,15H2,(H,31,32);1H/t19-;/m1./s1. The van der Waals surface area contributed by atoms with Crippen molar-refractivity contribution in [3.63, 3.8) is 0 Å². The lowest BCUT2D eigenvalue weighted by atomic mass is 9.87. The van der Waals surface area contributed by atoms with Gasteiger partial charge in [-0.1, -0.05) is 6.42 Å². The highest BCUT2D eigenvalue weighted by Crippen LogP contribution is 2.35. The Morgan fingerprint density at radius 2 is 1.97 bits per heavy atom. The molecule has 0 radical (unpaired) electrons. The molecule has 0 unspecified atom stereocenters. The van der Waals surface area contributed by atoms with E-state index in [4.69, 9.17) is 4.74 Å². The van der Waals surface area contributed by atoms with E-state index in [9.17, 15) is 18.7 Å². The summed E-state index contributed by atoms with van der Waals surface area (Å²) in [7, 11) is 0. The molecule has 2 aromatic carbocycles. The number of carboxylic acid groups (broad SMARTS) is 1. The van der Waals surface area contributed by atoms with E-state index in [1.54, 1.807) is 12.1 Å². The first-order valence-corrected chi connectivity index (χ1v) is 11.7. The Kier molecular flexibility index (Phi) is 7.43. The van der Waals surface area contributed by atoms with E-state index >= 15 is 0 Å². The number of H-pyrrole nitrogens is 1. The Balaban J connectivity index is 0.00000274. The van der Waals surface area contributed by atoms with Crippen molar-refractivity contribution in [1.29, 1.82) is 0 Å². The average Bonchev–Trinajstić information content (AvgIpc) is 3.16. The van der Waals surface area contributed by atoms with Gasteiger partial charge in [0.1, 0.15) is 12.4 Å². The number of hydrogen-bond acceptors (Lipinski definition) is 3. The van der Waals surface area contributed by atoms with Crippen LogP contribution in [-0.2, 0) is 12.8 Å². The molecule has 34 heavy (non-hydrogen) atoms. The van der Waals surface area contributed by atoms with Crippen molar-refractivity contribution < 1.29 is 23.4 Å². The van der Waals surface area contributed by atoms with Gasteiger partial charge in [-0.05, 0) is 81.0 Å². The van der Waals surface area contributed by atoms with Gasteiger partial charge in [0, 0.05) is 34.7 Å². The number of fused-ring (bicyclic) bond motifs is 2. The minimum Gasteiger partial charge on any atom is -0.489 e. The molecule has 8 heteroatoms. The molecule has 0 saturated heterocycles. The molecule has 1 aliphatic heterocycles. The fourth-order valence-electron chi connectivity index (χ4n) is 5.19. The summed E-state index contributed by atoms with van der Waals surface area (Å²) in [4.78, 5) is 17.3. The lowest BCUT2D eigenvalue weighted by Crippen LogP contribution is -2.51. The van der Waals surface area contributed by atoms with E-state index in [-0.39, 0.29) is 35.6 Å². The summed E-state index contributed by atoms with van der Waals surface area (Å²) in [5, 5.41) is 10.5. The fourth-order valence-corrected chi connectivity index (χ4v) is 5.19. The van der Waals surface area contributed by atoms with Crippen molar-refractivity contribution in [3.05, 3.63) is 64.9 Å². The van der Waals surface area contributed by atoms with Crippen LogP contribution in [0.4, 0.5) is 8.78 Å².